The highest BCUT2D eigenvalue weighted by atomic mass is 35.5. The van der Waals surface area contributed by atoms with Gasteiger partial charge in [-0.15, -0.1) is 11.6 Å². The lowest BCUT2D eigenvalue weighted by Gasteiger charge is -1.92. The smallest absolute Gasteiger partial charge is 0.143 e. The number of halogens is 2. The highest BCUT2D eigenvalue weighted by Crippen LogP contribution is 2.15. The van der Waals surface area contributed by atoms with Crippen LogP contribution in [0.25, 0.3) is 0 Å². The van der Waals surface area contributed by atoms with Crippen LogP contribution in [0.4, 0.5) is 3.89 Å². The van der Waals surface area contributed by atoms with Crippen molar-refractivity contribution < 1.29 is 3.89 Å². The minimum Gasteiger partial charge on any atom is -0.239 e. The molecule has 1 heterocycles. The fourth-order valence-corrected chi connectivity index (χ4v) is 0.775. The van der Waals surface area contributed by atoms with Crippen molar-refractivity contribution >= 4 is 23.7 Å². The predicted molar refractivity (Wildman–Crippen MR) is 38.6 cm³/mol. The van der Waals surface area contributed by atoms with Crippen molar-refractivity contribution in [1.82, 2.24) is 9.97 Å². The molecular weight excluding hydrogens is 175 g/mol. The molecule has 2 nitrogen and oxygen atoms in total. The topological polar surface area (TPSA) is 25.8 Å². The lowest BCUT2D eigenvalue weighted by molar-refractivity contribution is 0.918. The lowest BCUT2D eigenvalue weighted by atomic mass is 10.6. The summed E-state index contributed by atoms with van der Waals surface area (Å²) in [5.41, 5.74) is 0. The number of nitrogens with zero attached hydrogens (tertiary/aromatic N) is 2. The van der Waals surface area contributed by atoms with Gasteiger partial charge in [-0.05, 0) is 0 Å². The van der Waals surface area contributed by atoms with Gasteiger partial charge in [0.05, 0.1) is 22.9 Å². The molecular formula is C5H4ClFN2S. The van der Waals surface area contributed by atoms with E-state index >= 15 is 0 Å². The van der Waals surface area contributed by atoms with Crippen molar-refractivity contribution in [2.45, 2.75) is 10.8 Å². The monoisotopic (exact) mass is 178 g/mol. The molecule has 1 aromatic rings. The van der Waals surface area contributed by atoms with Gasteiger partial charge in [0.1, 0.15) is 5.82 Å². The summed E-state index contributed by atoms with van der Waals surface area (Å²) >= 11 is 5.52. The number of hydrogen-bond donors (Lipinski definition) is 0. The summed E-state index contributed by atoms with van der Waals surface area (Å²) < 4.78 is 11.8. The maximum absolute atomic E-state index is 11.8. The van der Waals surface area contributed by atoms with Crippen LogP contribution in [0.2, 0.25) is 0 Å². The predicted octanol–water partition coefficient (Wildman–Crippen LogP) is 2.19. The first-order valence-corrected chi connectivity index (χ1v) is 3.77. The first-order chi connectivity index (χ1) is 4.86. The van der Waals surface area contributed by atoms with E-state index in [2.05, 4.69) is 9.97 Å². The van der Waals surface area contributed by atoms with Gasteiger partial charge in [0.2, 0.25) is 0 Å². The summed E-state index contributed by atoms with van der Waals surface area (Å²) in [5.74, 6) is 0.775. The van der Waals surface area contributed by atoms with Gasteiger partial charge >= 0.3 is 0 Å². The van der Waals surface area contributed by atoms with E-state index in [1.165, 1.54) is 12.4 Å². The average molecular weight is 179 g/mol. The van der Waals surface area contributed by atoms with E-state index in [1.54, 1.807) is 0 Å². The molecule has 0 aliphatic carbocycles. The zero-order chi connectivity index (χ0) is 7.40. The molecule has 54 valence electrons. The Kier molecular flexibility index (Phi) is 2.89. The van der Waals surface area contributed by atoms with Crippen LogP contribution in [0, 0.1) is 0 Å². The van der Waals surface area contributed by atoms with Crippen LogP contribution in [0.15, 0.2) is 17.3 Å². The van der Waals surface area contributed by atoms with Crippen LogP contribution < -0.4 is 0 Å². The van der Waals surface area contributed by atoms with Crippen molar-refractivity contribution in [1.29, 1.82) is 0 Å². The largest absolute Gasteiger partial charge is 0.239 e. The molecule has 5 heteroatoms. The van der Waals surface area contributed by atoms with Crippen LogP contribution in [0.5, 0.6) is 0 Å². The second-order valence-corrected chi connectivity index (χ2v) is 2.44. The van der Waals surface area contributed by atoms with Gasteiger partial charge in [-0.3, -0.25) is 0 Å². The van der Waals surface area contributed by atoms with Gasteiger partial charge in [0, 0.05) is 12.4 Å². The number of alkyl halides is 1. The summed E-state index contributed by atoms with van der Waals surface area (Å²) in [6.07, 6.45) is 2.80. The minimum absolute atomic E-state index is 0.120. The van der Waals surface area contributed by atoms with E-state index in [9.17, 15) is 3.89 Å². The molecule has 10 heavy (non-hydrogen) atoms. The van der Waals surface area contributed by atoms with E-state index in [4.69, 9.17) is 11.6 Å². The molecule has 0 saturated heterocycles. The third-order valence-corrected chi connectivity index (χ3v) is 1.52. The fraction of sp³-hybridized carbons (Fsp3) is 0.200. The van der Waals surface area contributed by atoms with E-state index in [0.29, 0.717) is 10.7 Å². The SMILES string of the molecule is FSc1cnc(CCl)nc1. The molecule has 0 N–H and O–H groups in total. The molecule has 0 saturated carbocycles. The quantitative estimate of drug-likeness (QED) is 0.650. The van der Waals surface area contributed by atoms with Crippen molar-refractivity contribution in [3.05, 3.63) is 18.2 Å². The molecule has 0 aliphatic heterocycles. The molecule has 0 atom stereocenters. The van der Waals surface area contributed by atoms with E-state index in [-0.39, 0.29) is 18.0 Å². The zero-order valence-electron chi connectivity index (χ0n) is 4.92. The van der Waals surface area contributed by atoms with E-state index < -0.39 is 0 Å². The molecule has 0 amide bonds. The Morgan fingerprint density at radius 2 is 2.10 bits per heavy atom. The Bertz CT molecular complexity index is 180. The molecule has 0 unspecified atom stereocenters. The van der Waals surface area contributed by atoms with Crippen LogP contribution in [-0.2, 0) is 5.88 Å². The first kappa shape index (κ1) is 7.75. The van der Waals surface area contributed by atoms with Gasteiger partial charge in [0.25, 0.3) is 0 Å². The van der Waals surface area contributed by atoms with E-state index in [1.807, 2.05) is 0 Å². The van der Waals surface area contributed by atoms with Crippen molar-refractivity contribution in [3.63, 3.8) is 0 Å². The number of hydrogen-bond acceptors (Lipinski definition) is 3. The molecule has 1 aromatic heterocycles. The molecule has 1 rings (SSSR count). The van der Waals surface area contributed by atoms with Crippen LogP contribution in [0.1, 0.15) is 5.82 Å². The highest BCUT2D eigenvalue weighted by molar-refractivity contribution is 7.94. The van der Waals surface area contributed by atoms with Gasteiger partial charge < -0.3 is 0 Å². The van der Waals surface area contributed by atoms with Gasteiger partial charge in [0.15, 0.2) is 0 Å². The van der Waals surface area contributed by atoms with Crippen LogP contribution >= 0.6 is 23.7 Å². The molecule has 0 aliphatic rings. The summed E-state index contributed by atoms with van der Waals surface area (Å²) in [4.78, 5) is 7.93. The maximum atomic E-state index is 11.8. The normalized spacial score (nSPS) is 9.80. The first-order valence-electron chi connectivity index (χ1n) is 2.52. The number of aromatic nitrogens is 2. The summed E-state index contributed by atoms with van der Waals surface area (Å²) in [6.45, 7) is 0. The summed E-state index contributed by atoms with van der Waals surface area (Å²) in [5, 5.41) is 0. The lowest BCUT2D eigenvalue weighted by Crippen LogP contribution is -1.88. The summed E-state index contributed by atoms with van der Waals surface area (Å²) in [7, 11) is 0. The minimum atomic E-state index is 0.120. The molecule has 0 aromatic carbocycles. The highest BCUT2D eigenvalue weighted by Gasteiger charge is 1.94. The average Bonchev–Trinajstić information content (AvgIpc) is 2.05. The Balaban J connectivity index is 2.80. The third-order valence-electron chi connectivity index (χ3n) is 0.890. The van der Waals surface area contributed by atoms with Gasteiger partial charge in [-0.1, -0.05) is 0 Å². The standard InChI is InChI=1S/C5H4ClFN2S/c6-1-5-8-2-4(10-7)3-9-5/h2-3H,1H2. The Morgan fingerprint density at radius 3 is 2.50 bits per heavy atom. The maximum Gasteiger partial charge on any atom is 0.143 e. The molecule has 0 bridgehead atoms. The Labute approximate surface area is 67.1 Å². The van der Waals surface area contributed by atoms with Crippen molar-refractivity contribution in [2.75, 3.05) is 0 Å². The zero-order valence-corrected chi connectivity index (χ0v) is 6.49. The second-order valence-electron chi connectivity index (χ2n) is 1.55. The molecule has 0 radical (unpaired) electrons. The van der Waals surface area contributed by atoms with Crippen LogP contribution in [-0.4, -0.2) is 9.97 Å². The van der Waals surface area contributed by atoms with Crippen molar-refractivity contribution in [3.8, 4) is 0 Å². The second kappa shape index (κ2) is 3.73. The molecule has 0 spiro atoms. The fourth-order valence-electron chi connectivity index (χ4n) is 0.452. The van der Waals surface area contributed by atoms with Gasteiger partial charge in [-0.2, -0.15) is 3.89 Å². The van der Waals surface area contributed by atoms with Gasteiger partial charge in [-0.25, -0.2) is 9.97 Å². The number of rotatable bonds is 2. The molecule has 0 fully saturated rings. The van der Waals surface area contributed by atoms with Crippen molar-refractivity contribution in [2.24, 2.45) is 0 Å². The third kappa shape index (κ3) is 1.82. The van der Waals surface area contributed by atoms with E-state index in [0.717, 1.165) is 0 Å². The Morgan fingerprint density at radius 1 is 1.50 bits per heavy atom. The Hall–Kier alpha value is -0.350. The summed E-state index contributed by atoms with van der Waals surface area (Å²) in [6, 6.07) is 0. The van der Waals surface area contributed by atoms with Crippen LogP contribution in [0.3, 0.4) is 0 Å².